The fourth-order valence-corrected chi connectivity index (χ4v) is 0.898. The maximum Gasteiger partial charge on any atom is 0.134 e. The summed E-state index contributed by atoms with van der Waals surface area (Å²) in [5.41, 5.74) is 5.45. The number of nitrogens with two attached hydrogens (primary N) is 1. The van der Waals surface area contributed by atoms with Crippen LogP contribution in [0.15, 0.2) is 0 Å². The van der Waals surface area contributed by atoms with E-state index in [1.165, 1.54) is 0 Å². The van der Waals surface area contributed by atoms with E-state index in [0.29, 0.717) is 18.8 Å². The summed E-state index contributed by atoms with van der Waals surface area (Å²) in [5, 5.41) is 0. The Kier molecular flexibility index (Phi) is 4.28. The van der Waals surface area contributed by atoms with Crippen LogP contribution in [-0.2, 0) is 4.79 Å². The van der Waals surface area contributed by atoms with Crippen molar-refractivity contribution >= 4 is 5.78 Å². The smallest absolute Gasteiger partial charge is 0.134 e. The van der Waals surface area contributed by atoms with Crippen LogP contribution < -0.4 is 5.73 Å². The second-order valence-corrected chi connectivity index (χ2v) is 3.32. The van der Waals surface area contributed by atoms with Gasteiger partial charge in [0.05, 0.1) is 0 Å². The van der Waals surface area contributed by atoms with Crippen molar-refractivity contribution in [3.63, 3.8) is 0 Å². The molecule has 0 aliphatic rings. The van der Waals surface area contributed by atoms with Crippen molar-refractivity contribution in [2.75, 3.05) is 0 Å². The summed E-state index contributed by atoms with van der Waals surface area (Å²) in [6.45, 7) is 5.94. The van der Waals surface area contributed by atoms with Gasteiger partial charge in [0.25, 0.3) is 0 Å². The zero-order chi connectivity index (χ0) is 8.15. The predicted molar refractivity (Wildman–Crippen MR) is 42.7 cm³/mol. The molecule has 0 saturated heterocycles. The van der Waals surface area contributed by atoms with Crippen LogP contribution >= 0.6 is 0 Å². The van der Waals surface area contributed by atoms with Gasteiger partial charge in [0, 0.05) is 18.9 Å². The third kappa shape index (κ3) is 5.76. The van der Waals surface area contributed by atoms with E-state index in [0.717, 1.165) is 0 Å². The van der Waals surface area contributed by atoms with Gasteiger partial charge in [-0.25, -0.2) is 0 Å². The van der Waals surface area contributed by atoms with E-state index in [1.807, 2.05) is 20.8 Å². The van der Waals surface area contributed by atoms with Crippen LogP contribution in [0.3, 0.4) is 0 Å². The standard InChI is InChI=1S/C8H17NO/c1-6(2)4-8(10)5-7(3)9/h6-7H,4-5,9H2,1-3H3. The highest BCUT2D eigenvalue weighted by molar-refractivity contribution is 5.79. The highest BCUT2D eigenvalue weighted by atomic mass is 16.1. The van der Waals surface area contributed by atoms with Crippen molar-refractivity contribution in [2.24, 2.45) is 11.7 Å². The van der Waals surface area contributed by atoms with Crippen LogP contribution in [0.5, 0.6) is 0 Å². The molecule has 0 rings (SSSR count). The molecule has 2 N–H and O–H groups in total. The third-order valence-electron chi connectivity index (χ3n) is 1.19. The van der Waals surface area contributed by atoms with Crippen LogP contribution in [0.1, 0.15) is 33.6 Å². The van der Waals surface area contributed by atoms with Gasteiger partial charge >= 0.3 is 0 Å². The van der Waals surface area contributed by atoms with Gasteiger partial charge in [0.2, 0.25) is 0 Å². The van der Waals surface area contributed by atoms with Crippen LogP contribution in [-0.4, -0.2) is 11.8 Å². The second kappa shape index (κ2) is 4.45. The molecule has 0 amide bonds. The number of Topliss-reactive ketones (excluding diaryl/α,β-unsaturated/α-hetero) is 1. The molecule has 0 aromatic rings. The number of hydrogen-bond donors (Lipinski definition) is 1. The summed E-state index contributed by atoms with van der Waals surface area (Å²) in [7, 11) is 0. The molecule has 0 aromatic heterocycles. The van der Waals surface area contributed by atoms with Crippen LogP contribution in [0.25, 0.3) is 0 Å². The lowest BCUT2D eigenvalue weighted by atomic mass is 10.0. The quantitative estimate of drug-likeness (QED) is 0.645. The lowest BCUT2D eigenvalue weighted by Crippen LogP contribution is -2.20. The number of carbonyl (C=O) groups is 1. The summed E-state index contributed by atoms with van der Waals surface area (Å²) in [6, 6.07) is 0.0197. The Bertz CT molecular complexity index is 95.8. The van der Waals surface area contributed by atoms with E-state index in [-0.39, 0.29) is 11.8 Å². The SMILES string of the molecule is CC(C)CC(=O)CC(C)N. The molecular formula is C8H17NO. The minimum Gasteiger partial charge on any atom is -0.328 e. The Labute approximate surface area is 62.8 Å². The molecule has 0 aromatic carbocycles. The highest BCUT2D eigenvalue weighted by Gasteiger charge is 2.06. The Balaban J connectivity index is 3.44. The summed E-state index contributed by atoms with van der Waals surface area (Å²) < 4.78 is 0. The molecule has 0 heterocycles. The number of ketones is 1. The zero-order valence-electron chi connectivity index (χ0n) is 7.05. The molecule has 0 spiro atoms. The van der Waals surface area contributed by atoms with E-state index < -0.39 is 0 Å². The van der Waals surface area contributed by atoms with E-state index in [9.17, 15) is 4.79 Å². The van der Waals surface area contributed by atoms with Crippen molar-refractivity contribution in [1.29, 1.82) is 0 Å². The fourth-order valence-electron chi connectivity index (χ4n) is 0.898. The van der Waals surface area contributed by atoms with Crippen molar-refractivity contribution in [2.45, 2.75) is 39.7 Å². The first-order chi connectivity index (χ1) is 4.52. The minimum absolute atomic E-state index is 0.0197. The molecule has 0 saturated carbocycles. The molecule has 1 atom stereocenters. The van der Waals surface area contributed by atoms with Gasteiger partial charge in [-0.1, -0.05) is 13.8 Å². The van der Waals surface area contributed by atoms with Gasteiger partial charge in [-0.3, -0.25) is 4.79 Å². The summed E-state index contributed by atoms with van der Waals surface area (Å²) >= 11 is 0. The third-order valence-corrected chi connectivity index (χ3v) is 1.19. The first-order valence-electron chi connectivity index (χ1n) is 3.79. The lowest BCUT2D eigenvalue weighted by Gasteiger charge is -2.05. The van der Waals surface area contributed by atoms with Crippen molar-refractivity contribution in [3.05, 3.63) is 0 Å². The van der Waals surface area contributed by atoms with Crippen LogP contribution in [0, 0.1) is 5.92 Å². The molecule has 0 aliphatic heterocycles. The van der Waals surface area contributed by atoms with Crippen LogP contribution in [0.2, 0.25) is 0 Å². The largest absolute Gasteiger partial charge is 0.328 e. The van der Waals surface area contributed by atoms with Gasteiger partial charge in [0.15, 0.2) is 0 Å². The molecule has 10 heavy (non-hydrogen) atoms. The first-order valence-corrected chi connectivity index (χ1v) is 3.79. The molecule has 0 radical (unpaired) electrons. The van der Waals surface area contributed by atoms with Gasteiger partial charge in [-0.2, -0.15) is 0 Å². The normalized spacial score (nSPS) is 13.7. The predicted octanol–water partition coefficient (Wildman–Crippen LogP) is 1.34. The Morgan fingerprint density at radius 2 is 1.80 bits per heavy atom. The Morgan fingerprint density at radius 1 is 1.30 bits per heavy atom. The molecule has 0 fully saturated rings. The van der Waals surface area contributed by atoms with Crippen LogP contribution in [0.4, 0.5) is 0 Å². The molecular weight excluding hydrogens is 126 g/mol. The van der Waals surface area contributed by atoms with E-state index in [1.54, 1.807) is 0 Å². The van der Waals surface area contributed by atoms with Gasteiger partial charge in [-0.15, -0.1) is 0 Å². The number of rotatable bonds is 4. The molecule has 60 valence electrons. The minimum atomic E-state index is 0.0197. The first kappa shape index (κ1) is 9.63. The monoisotopic (exact) mass is 143 g/mol. The van der Waals surface area contributed by atoms with E-state index in [2.05, 4.69) is 0 Å². The van der Waals surface area contributed by atoms with Crippen molar-refractivity contribution in [1.82, 2.24) is 0 Å². The summed E-state index contributed by atoms with van der Waals surface area (Å²) in [5.74, 6) is 0.747. The molecule has 2 heteroatoms. The average Bonchev–Trinajstić information content (AvgIpc) is 1.58. The highest BCUT2D eigenvalue weighted by Crippen LogP contribution is 2.03. The maximum atomic E-state index is 11.0. The molecule has 0 bridgehead atoms. The summed E-state index contributed by atoms with van der Waals surface area (Å²) in [4.78, 5) is 11.0. The van der Waals surface area contributed by atoms with Gasteiger partial charge < -0.3 is 5.73 Å². The maximum absolute atomic E-state index is 11.0. The van der Waals surface area contributed by atoms with E-state index >= 15 is 0 Å². The Hall–Kier alpha value is -0.370. The average molecular weight is 143 g/mol. The molecule has 0 aliphatic carbocycles. The second-order valence-electron chi connectivity index (χ2n) is 3.32. The van der Waals surface area contributed by atoms with Gasteiger partial charge in [-0.05, 0) is 12.8 Å². The number of hydrogen-bond acceptors (Lipinski definition) is 2. The Morgan fingerprint density at radius 3 is 2.10 bits per heavy atom. The van der Waals surface area contributed by atoms with Crippen molar-refractivity contribution < 1.29 is 4.79 Å². The van der Waals surface area contributed by atoms with Crippen molar-refractivity contribution in [3.8, 4) is 0 Å². The van der Waals surface area contributed by atoms with E-state index in [4.69, 9.17) is 5.73 Å². The number of carbonyl (C=O) groups excluding carboxylic acids is 1. The molecule has 1 unspecified atom stereocenters. The lowest BCUT2D eigenvalue weighted by molar-refractivity contribution is -0.119. The van der Waals surface area contributed by atoms with Gasteiger partial charge in [0.1, 0.15) is 5.78 Å². The zero-order valence-corrected chi connectivity index (χ0v) is 7.05. The summed E-state index contributed by atoms with van der Waals surface area (Å²) in [6.07, 6.45) is 1.19. The topological polar surface area (TPSA) is 43.1 Å². The fraction of sp³-hybridized carbons (Fsp3) is 0.875. The molecule has 2 nitrogen and oxygen atoms in total.